The lowest BCUT2D eigenvalue weighted by molar-refractivity contribution is -0.137. The molecule has 1 amide bonds. The number of amides is 1. The standard InChI is InChI=1S/C26H19F7N8O2/c1-24(2,11-34)23-39-38-21(43-23)14-5-18-15(6-16(14)27)25(29,30)7-17(35)22(42)40(18)9-12-3-4-19(37-20(12)28)41-10-13(8-36-41)26(31,32)33/h3-6,8,10,17H,7,9,35H2,1-2H3/t17-/m1/s1. The molecule has 1 aliphatic rings. The van der Waals surface area contributed by atoms with Crippen LogP contribution in [0, 0.1) is 23.1 Å². The highest BCUT2D eigenvalue weighted by atomic mass is 19.4. The molecule has 0 fully saturated rings. The molecule has 2 N–H and O–H groups in total. The van der Waals surface area contributed by atoms with Crippen LogP contribution < -0.4 is 10.6 Å². The Balaban J connectivity index is 1.57. The van der Waals surface area contributed by atoms with Crippen molar-refractivity contribution in [2.75, 3.05) is 4.90 Å². The van der Waals surface area contributed by atoms with Gasteiger partial charge in [0.2, 0.25) is 17.7 Å². The van der Waals surface area contributed by atoms with E-state index in [0.29, 0.717) is 23.1 Å². The maximum atomic E-state index is 15.2. The van der Waals surface area contributed by atoms with Gasteiger partial charge in [0.15, 0.2) is 5.82 Å². The lowest BCUT2D eigenvalue weighted by Crippen LogP contribution is -2.43. The summed E-state index contributed by atoms with van der Waals surface area (Å²) in [5.41, 5.74) is 1.11. The largest absolute Gasteiger partial charge is 0.419 e. The van der Waals surface area contributed by atoms with Gasteiger partial charge in [0, 0.05) is 23.7 Å². The molecule has 1 aromatic carbocycles. The van der Waals surface area contributed by atoms with E-state index in [4.69, 9.17) is 10.2 Å². The maximum Gasteiger partial charge on any atom is 0.419 e. The number of nitrogens with two attached hydrogens (primary N) is 1. The van der Waals surface area contributed by atoms with E-state index in [9.17, 15) is 23.2 Å². The van der Waals surface area contributed by atoms with E-state index in [1.54, 1.807) is 0 Å². The van der Waals surface area contributed by atoms with Crippen molar-refractivity contribution in [1.82, 2.24) is 25.0 Å². The van der Waals surface area contributed by atoms with E-state index in [1.165, 1.54) is 13.8 Å². The number of fused-ring (bicyclic) bond motifs is 1. The molecule has 43 heavy (non-hydrogen) atoms. The predicted octanol–water partition coefficient (Wildman–Crippen LogP) is 4.77. The Kier molecular flexibility index (Phi) is 7.00. The minimum Gasteiger partial charge on any atom is -0.419 e. The van der Waals surface area contributed by atoms with Gasteiger partial charge in [0.1, 0.15) is 11.2 Å². The first-order valence-corrected chi connectivity index (χ1v) is 12.3. The number of hydrogen-bond donors (Lipinski definition) is 1. The van der Waals surface area contributed by atoms with Gasteiger partial charge in [-0.15, -0.1) is 10.2 Å². The van der Waals surface area contributed by atoms with Crippen LogP contribution in [0.25, 0.3) is 17.3 Å². The third-order valence-corrected chi connectivity index (χ3v) is 6.68. The molecule has 0 bridgehead atoms. The number of alkyl halides is 5. The molecular weight excluding hydrogens is 589 g/mol. The Morgan fingerprint density at radius 1 is 1.19 bits per heavy atom. The van der Waals surface area contributed by atoms with Crippen molar-refractivity contribution in [3.05, 3.63) is 71.0 Å². The summed E-state index contributed by atoms with van der Waals surface area (Å²) in [4.78, 5) is 17.5. The Morgan fingerprint density at radius 3 is 2.53 bits per heavy atom. The second-order valence-corrected chi connectivity index (χ2v) is 10.2. The van der Waals surface area contributed by atoms with E-state index in [2.05, 4.69) is 20.3 Å². The first-order valence-electron chi connectivity index (χ1n) is 12.3. The normalized spacial score (nSPS) is 17.0. The van der Waals surface area contributed by atoms with E-state index in [-0.39, 0.29) is 17.3 Å². The molecule has 0 radical (unpaired) electrons. The fraction of sp³-hybridized carbons (Fsp3) is 0.308. The fourth-order valence-electron chi connectivity index (χ4n) is 4.29. The quantitative estimate of drug-likeness (QED) is 0.253. The van der Waals surface area contributed by atoms with Gasteiger partial charge in [-0.3, -0.25) is 4.79 Å². The minimum absolute atomic E-state index is 0.188. The number of rotatable bonds is 5. The predicted molar refractivity (Wildman–Crippen MR) is 132 cm³/mol. The number of benzene rings is 1. The summed E-state index contributed by atoms with van der Waals surface area (Å²) < 4.78 is 106. The van der Waals surface area contributed by atoms with E-state index >= 15 is 17.6 Å². The molecule has 0 saturated heterocycles. The SMILES string of the molecule is CC(C)(C#N)c1nnc(-c2cc3c(cc2F)C(F)(F)C[C@@H](N)C(=O)N3Cc2ccc(-n3cc(C(F)(F)F)cn3)nc2F)o1. The first kappa shape index (κ1) is 29.6. The van der Waals surface area contributed by atoms with E-state index in [1.807, 2.05) is 6.07 Å². The van der Waals surface area contributed by atoms with Crippen molar-refractivity contribution in [2.24, 2.45) is 5.73 Å². The van der Waals surface area contributed by atoms with Crippen LogP contribution in [0.4, 0.5) is 36.4 Å². The summed E-state index contributed by atoms with van der Waals surface area (Å²) in [7, 11) is 0. The monoisotopic (exact) mass is 608 g/mol. The van der Waals surface area contributed by atoms with Crippen LogP contribution in [0.2, 0.25) is 0 Å². The van der Waals surface area contributed by atoms with Gasteiger partial charge in [-0.2, -0.15) is 32.9 Å². The smallest absolute Gasteiger partial charge is 0.419 e. The van der Waals surface area contributed by atoms with Gasteiger partial charge in [-0.05, 0) is 38.1 Å². The van der Waals surface area contributed by atoms with Crippen molar-refractivity contribution >= 4 is 11.6 Å². The van der Waals surface area contributed by atoms with Gasteiger partial charge in [0.05, 0.1) is 41.7 Å². The van der Waals surface area contributed by atoms with Crippen molar-refractivity contribution in [1.29, 1.82) is 5.26 Å². The molecule has 4 heterocycles. The van der Waals surface area contributed by atoms with Crippen LogP contribution in [-0.2, 0) is 28.9 Å². The number of nitrogens with zero attached hydrogens (tertiary/aromatic N) is 7. The summed E-state index contributed by atoms with van der Waals surface area (Å²) in [5.74, 6) is -8.30. The molecule has 1 atom stereocenters. The molecule has 1 aliphatic heterocycles. The fourth-order valence-corrected chi connectivity index (χ4v) is 4.29. The molecule has 10 nitrogen and oxygen atoms in total. The van der Waals surface area contributed by atoms with Gasteiger partial charge < -0.3 is 15.1 Å². The van der Waals surface area contributed by atoms with Gasteiger partial charge in [-0.1, -0.05) is 0 Å². The van der Waals surface area contributed by atoms with Crippen LogP contribution in [-0.4, -0.2) is 36.9 Å². The molecule has 17 heteroatoms. The first-order chi connectivity index (χ1) is 20.0. The molecule has 0 unspecified atom stereocenters. The number of nitriles is 1. The zero-order valence-corrected chi connectivity index (χ0v) is 22.1. The minimum atomic E-state index is -4.70. The Morgan fingerprint density at radius 2 is 1.91 bits per heavy atom. The average molecular weight is 608 g/mol. The number of halogens is 7. The molecule has 4 aromatic rings. The van der Waals surface area contributed by atoms with E-state index < -0.39 is 82.5 Å². The Bertz CT molecular complexity index is 1770. The molecule has 0 spiro atoms. The zero-order valence-electron chi connectivity index (χ0n) is 22.1. The average Bonchev–Trinajstić information content (AvgIpc) is 3.62. The van der Waals surface area contributed by atoms with Crippen molar-refractivity contribution in [2.45, 2.75) is 50.4 Å². The highest BCUT2D eigenvalue weighted by molar-refractivity contribution is 5.99. The summed E-state index contributed by atoms with van der Waals surface area (Å²) in [6.45, 7) is 2.19. The molecule has 5 rings (SSSR count). The van der Waals surface area contributed by atoms with Crippen LogP contribution in [0.3, 0.4) is 0 Å². The molecule has 3 aromatic heterocycles. The second-order valence-electron chi connectivity index (χ2n) is 10.2. The van der Waals surface area contributed by atoms with Gasteiger partial charge in [0.25, 0.3) is 11.8 Å². The molecular formula is C26H19F7N8O2. The summed E-state index contributed by atoms with van der Waals surface area (Å²) in [5, 5.41) is 20.3. The van der Waals surface area contributed by atoms with Crippen LogP contribution in [0.15, 0.2) is 41.1 Å². The van der Waals surface area contributed by atoms with Crippen molar-refractivity contribution < 1.29 is 39.9 Å². The van der Waals surface area contributed by atoms with Crippen LogP contribution in [0.5, 0.6) is 0 Å². The molecule has 0 aliphatic carbocycles. The third kappa shape index (κ3) is 5.41. The maximum absolute atomic E-state index is 15.2. The summed E-state index contributed by atoms with van der Waals surface area (Å²) in [6.07, 6.45) is -4.78. The summed E-state index contributed by atoms with van der Waals surface area (Å²) in [6, 6.07) is 3.67. The van der Waals surface area contributed by atoms with Crippen molar-refractivity contribution in [3.8, 4) is 23.3 Å². The number of aromatic nitrogens is 5. The molecule has 0 saturated carbocycles. The van der Waals surface area contributed by atoms with Crippen LogP contribution in [0.1, 0.15) is 42.8 Å². The van der Waals surface area contributed by atoms with Gasteiger partial charge in [-0.25, -0.2) is 17.9 Å². The number of anilines is 1. The summed E-state index contributed by atoms with van der Waals surface area (Å²) >= 11 is 0. The highest BCUT2D eigenvalue weighted by Crippen LogP contribution is 2.45. The molecule has 224 valence electrons. The van der Waals surface area contributed by atoms with Crippen LogP contribution >= 0.6 is 0 Å². The number of carbonyl (C=O) groups is 1. The lowest BCUT2D eigenvalue weighted by atomic mass is 9.96. The number of hydrogen-bond acceptors (Lipinski definition) is 8. The van der Waals surface area contributed by atoms with E-state index in [0.717, 1.165) is 23.1 Å². The number of carbonyl (C=O) groups excluding carboxylic acids is 1. The van der Waals surface area contributed by atoms with Gasteiger partial charge >= 0.3 is 6.18 Å². The Labute approximate surface area is 237 Å². The number of pyridine rings is 1. The topological polar surface area (TPSA) is 140 Å². The third-order valence-electron chi connectivity index (χ3n) is 6.68. The second kappa shape index (κ2) is 10.2. The lowest BCUT2D eigenvalue weighted by Gasteiger charge is -2.25. The Hall–Kier alpha value is -4.85. The van der Waals surface area contributed by atoms with Crippen molar-refractivity contribution in [3.63, 3.8) is 0 Å². The zero-order chi connectivity index (χ0) is 31.5. The highest BCUT2D eigenvalue weighted by Gasteiger charge is 2.45.